The number of ether oxygens (including phenoxy) is 6. The Hall–Kier alpha value is -2.00. The van der Waals surface area contributed by atoms with E-state index in [1.807, 2.05) is 0 Å². The van der Waals surface area contributed by atoms with Crippen molar-refractivity contribution < 1.29 is 38.0 Å². The molecule has 0 radical (unpaired) electrons. The number of hydrogen-bond acceptors (Lipinski definition) is 8. The van der Waals surface area contributed by atoms with Gasteiger partial charge in [-0.15, -0.1) is 0 Å². The van der Waals surface area contributed by atoms with Gasteiger partial charge in [0.1, 0.15) is 11.2 Å². The molecule has 0 fully saturated rings. The summed E-state index contributed by atoms with van der Waals surface area (Å²) in [5.74, 6) is -1.24. The van der Waals surface area contributed by atoms with Gasteiger partial charge in [-0.1, -0.05) is 0 Å². The maximum absolute atomic E-state index is 13.7. The van der Waals surface area contributed by atoms with Crippen LogP contribution in [0.15, 0.2) is 0 Å². The van der Waals surface area contributed by atoms with E-state index >= 15 is 0 Å². The summed E-state index contributed by atoms with van der Waals surface area (Å²) in [6, 6.07) is 0. The van der Waals surface area contributed by atoms with Crippen LogP contribution in [-0.2, 0) is 54.8 Å². The topological polar surface area (TPSA) is 89.5 Å². The number of hydrogen-bond donors (Lipinski definition) is 0. The first-order valence-electron chi connectivity index (χ1n) is 12.2. The molecule has 0 saturated heterocycles. The van der Waals surface area contributed by atoms with Crippen molar-refractivity contribution in [1.29, 1.82) is 0 Å². The van der Waals surface area contributed by atoms with Gasteiger partial charge in [0.25, 0.3) is 0 Å². The summed E-state index contributed by atoms with van der Waals surface area (Å²) in [4.78, 5) is 27.3. The van der Waals surface area contributed by atoms with Crippen LogP contribution in [-0.4, -0.2) is 50.6 Å². The van der Waals surface area contributed by atoms with Crippen LogP contribution in [0.25, 0.3) is 0 Å². The van der Waals surface area contributed by atoms with Gasteiger partial charge in [-0.2, -0.15) is 0 Å². The average molecular weight is 495 g/mol. The number of carbonyl (C=O) groups excluding carboxylic acids is 2. The van der Waals surface area contributed by atoms with Crippen LogP contribution in [0.3, 0.4) is 0 Å². The minimum absolute atomic E-state index is 0.0842. The molecule has 0 N–H and O–H groups in total. The Labute approximate surface area is 209 Å². The molecule has 1 aromatic rings. The molecule has 0 aromatic heterocycles. The summed E-state index contributed by atoms with van der Waals surface area (Å²) >= 11 is 0. The van der Waals surface area contributed by atoms with E-state index < -0.39 is 23.1 Å². The van der Waals surface area contributed by atoms with E-state index in [4.69, 9.17) is 28.4 Å². The molecule has 2 bridgehead atoms. The Bertz CT molecular complexity index is 877. The van der Waals surface area contributed by atoms with E-state index in [1.165, 1.54) is 0 Å². The molecule has 1 aliphatic heterocycles. The van der Waals surface area contributed by atoms with Crippen molar-refractivity contribution in [2.24, 2.45) is 0 Å². The van der Waals surface area contributed by atoms with E-state index in [1.54, 1.807) is 55.8 Å². The minimum Gasteiger partial charge on any atom is -0.456 e. The molecule has 1 heterocycles. The fourth-order valence-corrected chi connectivity index (χ4v) is 3.97. The number of benzene rings is 1. The molecule has 0 atom stereocenters. The van der Waals surface area contributed by atoms with E-state index in [-0.39, 0.29) is 37.6 Å². The zero-order valence-electron chi connectivity index (χ0n) is 22.6. The Morgan fingerprint density at radius 3 is 1.63 bits per heavy atom. The van der Waals surface area contributed by atoms with Crippen molar-refractivity contribution in [1.82, 2.24) is 0 Å². The second-order valence-electron chi connectivity index (χ2n) is 10.7. The van der Waals surface area contributed by atoms with Crippen molar-refractivity contribution in [3.05, 3.63) is 33.4 Å². The highest BCUT2D eigenvalue weighted by Crippen LogP contribution is 2.34. The lowest BCUT2D eigenvalue weighted by atomic mass is 9.86. The third-order valence-electron chi connectivity index (χ3n) is 5.30. The van der Waals surface area contributed by atoms with E-state index in [0.717, 1.165) is 30.4 Å². The standard InChI is InChI=1S/C27H42O8/c1-26(2,3)34-24(28)22-20(15-31-8)19-16-32-12-10-9-11-13-33-17-21(18(19)14-30-7)23(22)25(29)35-27(4,5)6/h9-17H2,1-8H3. The van der Waals surface area contributed by atoms with Gasteiger partial charge in [0, 0.05) is 27.4 Å². The Kier molecular flexibility index (Phi) is 10.7. The van der Waals surface area contributed by atoms with Crippen molar-refractivity contribution in [3.63, 3.8) is 0 Å². The second kappa shape index (κ2) is 12.8. The molecule has 1 aromatic carbocycles. The van der Waals surface area contributed by atoms with Gasteiger partial charge in [0.15, 0.2) is 0 Å². The molecular formula is C27H42O8. The first-order valence-corrected chi connectivity index (χ1v) is 12.2. The second-order valence-corrected chi connectivity index (χ2v) is 10.7. The van der Waals surface area contributed by atoms with Crippen molar-refractivity contribution in [2.45, 2.75) is 98.4 Å². The summed E-state index contributed by atoms with van der Waals surface area (Å²) in [7, 11) is 3.13. The van der Waals surface area contributed by atoms with Crippen LogP contribution in [0.1, 0.15) is 104 Å². The van der Waals surface area contributed by atoms with E-state index in [0.29, 0.717) is 24.3 Å². The maximum Gasteiger partial charge on any atom is 0.339 e. The fraction of sp³-hybridized carbons (Fsp3) is 0.704. The predicted octanol–water partition coefficient (Wildman–Crippen LogP) is 5.11. The predicted molar refractivity (Wildman–Crippen MR) is 131 cm³/mol. The molecule has 35 heavy (non-hydrogen) atoms. The molecule has 0 aliphatic carbocycles. The Morgan fingerprint density at radius 2 is 1.14 bits per heavy atom. The van der Waals surface area contributed by atoms with Crippen molar-refractivity contribution in [3.8, 4) is 0 Å². The molecule has 2 rings (SSSR count). The third kappa shape index (κ3) is 8.56. The molecule has 8 nitrogen and oxygen atoms in total. The Morgan fingerprint density at radius 1 is 0.686 bits per heavy atom. The number of fused-ring (bicyclic) bond motifs is 2. The number of rotatable bonds is 6. The highest BCUT2D eigenvalue weighted by atomic mass is 16.6. The van der Waals surface area contributed by atoms with Gasteiger partial charge in [-0.05, 0) is 83.1 Å². The SMILES string of the molecule is COCc1c2c(COC)c(C(=O)OC(C)(C)C)c(C(=O)OC(C)(C)C)c1COCCCCCOC2. The summed E-state index contributed by atoms with van der Waals surface area (Å²) in [5.41, 5.74) is 1.31. The highest BCUT2D eigenvalue weighted by molar-refractivity contribution is 6.06. The van der Waals surface area contributed by atoms with Crippen molar-refractivity contribution in [2.75, 3.05) is 27.4 Å². The molecule has 0 spiro atoms. The van der Waals surface area contributed by atoms with Crippen LogP contribution in [0, 0.1) is 0 Å². The first kappa shape index (κ1) is 29.2. The summed E-state index contributed by atoms with van der Waals surface area (Å²) in [6.07, 6.45) is 2.76. The van der Waals surface area contributed by atoms with Crippen LogP contribution in [0.4, 0.5) is 0 Å². The van der Waals surface area contributed by atoms with Crippen LogP contribution < -0.4 is 0 Å². The molecule has 198 valence electrons. The first-order chi connectivity index (χ1) is 16.4. The zero-order valence-corrected chi connectivity index (χ0v) is 22.6. The van der Waals surface area contributed by atoms with Gasteiger partial charge in [-0.25, -0.2) is 9.59 Å². The van der Waals surface area contributed by atoms with Gasteiger partial charge in [0.2, 0.25) is 0 Å². The van der Waals surface area contributed by atoms with Crippen LogP contribution >= 0.6 is 0 Å². The molecule has 1 aliphatic rings. The average Bonchev–Trinajstić information content (AvgIpc) is 2.71. The fourth-order valence-electron chi connectivity index (χ4n) is 3.97. The van der Waals surface area contributed by atoms with Crippen LogP contribution in [0.2, 0.25) is 0 Å². The van der Waals surface area contributed by atoms with Gasteiger partial charge < -0.3 is 28.4 Å². The Balaban J connectivity index is 2.92. The summed E-state index contributed by atoms with van der Waals surface area (Å²) in [5, 5.41) is 0. The smallest absolute Gasteiger partial charge is 0.339 e. The molecular weight excluding hydrogens is 452 g/mol. The number of methoxy groups -OCH3 is 2. The molecule has 8 heteroatoms. The molecule has 0 saturated carbocycles. The van der Waals surface area contributed by atoms with Gasteiger partial charge in [0.05, 0.1) is 37.6 Å². The summed E-state index contributed by atoms with van der Waals surface area (Å²) in [6.45, 7) is 12.5. The third-order valence-corrected chi connectivity index (χ3v) is 5.30. The lowest BCUT2D eigenvalue weighted by molar-refractivity contribution is 0.00101. The largest absolute Gasteiger partial charge is 0.456 e. The number of carbonyl (C=O) groups is 2. The van der Waals surface area contributed by atoms with Crippen molar-refractivity contribution >= 4 is 11.9 Å². The van der Waals surface area contributed by atoms with Gasteiger partial charge in [-0.3, -0.25) is 0 Å². The molecule has 0 amide bonds. The number of esters is 2. The lowest BCUT2D eigenvalue weighted by Crippen LogP contribution is -2.31. The lowest BCUT2D eigenvalue weighted by Gasteiger charge is -2.28. The highest BCUT2D eigenvalue weighted by Gasteiger charge is 2.35. The minimum atomic E-state index is -0.772. The zero-order chi connectivity index (χ0) is 26.2. The molecule has 0 unspecified atom stereocenters. The van der Waals surface area contributed by atoms with E-state index in [2.05, 4.69) is 0 Å². The van der Waals surface area contributed by atoms with E-state index in [9.17, 15) is 9.59 Å². The normalized spacial score (nSPS) is 15.7. The monoisotopic (exact) mass is 494 g/mol. The van der Waals surface area contributed by atoms with Gasteiger partial charge >= 0.3 is 11.9 Å². The quantitative estimate of drug-likeness (QED) is 0.504. The maximum atomic E-state index is 13.7. The van der Waals surface area contributed by atoms with Crippen LogP contribution in [0.5, 0.6) is 0 Å². The summed E-state index contributed by atoms with van der Waals surface area (Å²) < 4.78 is 34.6.